The molecule has 1 atom stereocenters. The molecule has 0 aliphatic heterocycles. The van der Waals surface area contributed by atoms with Gasteiger partial charge in [0.1, 0.15) is 11.4 Å². The van der Waals surface area contributed by atoms with Crippen LogP contribution in [0.3, 0.4) is 0 Å². The van der Waals surface area contributed by atoms with Crippen molar-refractivity contribution in [3.05, 3.63) is 40.3 Å². The average molecular weight is 325 g/mol. The van der Waals surface area contributed by atoms with E-state index in [4.69, 9.17) is 0 Å². The van der Waals surface area contributed by atoms with Gasteiger partial charge >= 0.3 is 0 Å². The summed E-state index contributed by atoms with van der Waals surface area (Å²) in [5.74, 6) is 0.741. The van der Waals surface area contributed by atoms with Gasteiger partial charge in [-0.25, -0.2) is 4.98 Å². The number of anilines is 1. The van der Waals surface area contributed by atoms with Crippen molar-refractivity contribution in [3.8, 4) is 0 Å². The number of halogens is 1. The molecule has 6 heteroatoms. The van der Waals surface area contributed by atoms with Gasteiger partial charge in [0.25, 0.3) is 0 Å². The van der Waals surface area contributed by atoms with E-state index in [1.54, 1.807) is 24.0 Å². The molecule has 0 bridgehead atoms. The molecule has 102 valence electrons. The zero-order valence-corrected chi connectivity index (χ0v) is 12.8. The lowest BCUT2D eigenvalue weighted by Crippen LogP contribution is -2.30. The van der Waals surface area contributed by atoms with Gasteiger partial charge in [-0.15, -0.1) is 0 Å². The smallest absolute Gasteiger partial charge is 0.126 e. The van der Waals surface area contributed by atoms with Crippen LogP contribution in [0.5, 0.6) is 0 Å². The minimum Gasteiger partial charge on any atom is -0.383 e. The third-order valence-electron chi connectivity index (χ3n) is 2.99. The summed E-state index contributed by atoms with van der Waals surface area (Å²) in [7, 11) is 1.83. The fourth-order valence-corrected chi connectivity index (χ4v) is 1.92. The molecule has 0 saturated heterocycles. The summed E-state index contributed by atoms with van der Waals surface area (Å²) in [6.07, 6.45) is 5.22. The van der Waals surface area contributed by atoms with Gasteiger partial charge in [0.2, 0.25) is 0 Å². The summed E-state index contributed by atoms with van der Waals surface area (Å²) in [5.41, 5.74) is 0.881. The van der Waals surface area contributed by atoms with Crippen LogP contribution >= 0.6 is 15.9 Å². The molecule has 19 heavy (non-hydrogen) atoms. The van der Waals surface area contributed by atoms with Gasteiger partial charge in [-0.05, 0) is 41.4 Å². The first-order valence-corrected chi connectivity index (χ1v) is 6.75. The molecule has 0 radical (unpaired) electrons. The number of aryl methyl sites for hydroxylation is 2. The van der Waals surface area contributed by atoms with Crippen LogP contribution in [0.4, 0.5) is 5.82 Å². The Morgan fingerprint density at radius 1 is 1.47 bits per heavy atom. The van der Waals surface area contributed by atoms with E-state index >= 15 is 0 Å². The maximum Gasteiger partial charge on any atom is 0.126 e. The van der Waals surface area contributed by atoms with Crippen molar-refractivity contribution in [1.82, 2.24) is 14.8 Å². The number of nitrogens with one attached hydrogen (secondary N) is 1. The summed E-state index contributed by atoms with van der Waals surface area (Å²) in [6.45, 7) is 4.12. The summed E-state index contributed by atoms with van der Waals surface area (Å²) in [4.78, 5) is 4.25. The molecule has 0 aliphatic carbocycles. The molecular weight excluding hydrogens is 308 g/mol. The number of aliphatic hydroxyl groups is 1. The third-order valence-corrected chi connectivity index (χ3v) is 3.82. The van der Waals surface area contributed by atoms with Crippen LogP contribution in [-0.2, 0) is 12.6 Å². The van der Waals surface area contributed by atoms with Crippen LogP contribution in [0.15, 0.2) is 29.1 Å². The number of nitrogens with zero attached hydrogens (tertiary/aromatic N) is 3. The second-order valence-electron chi connectivity index (χ2n) is 4.85. The van der Waals surface area contributed by atoms with Gasteiger partial charge in [-0.1, -0.05) is 0 Å². The minimum atomic E-state index is -0.989. The number of aromatic nitrogens is 3. The van der Waals surface area contributed by atoms with Gasteiger partial charge in [-0.3, -0.25) is 4.68 Å². The number of hydrogen-bond acceptors (Lipinski definition) is 4. The quantitative estimate of drug-likeness (QED) is 0.905. The van der Waals surface area contributed by atoms with Crippen LogP contribution in [0.2, 0.25) is 0 Å². The highest BCUT2D eigenvalue weighted by Gasteiger charge is 2.24. The lowest BCUT2D eigenvalue weighted by Gasteiger charge is -2.22. The van der Waals surface area contributed by atoms with E-state index in [-0.39, 0.29) is 0 Å². The standard InChI is InChI=1S/C13H17BrN4O/c1-9-4-12(15-6-11(9)14)16-8-13(2,19)10-5-17-18(3)7-10/h4-7,19H,8H2,1-3H3,(H,15,16). The summed E-state index contributed by atoms with van der Waals surface area (Å²) in [6, 6.07) is 1.93. The van der Waals surface area contributed by atoms with Gasteiger partial charge in [-0.2, -0.15) is 5.10 Å². The normalized spacial score (nSPS) is 14.2. The maximum absolute atomic E-state index is 10.4. The Morgan fingerprint density at radius 3 is 2.79 bits per heavy atom. The number of rotatable bonds is 4. The first-order chi connectivity index (χ1) is 8.88. The Labute approximate surface area is 120 Å². The van der Waals surface area contributed by atoms with Gasteiger partial charge in [0.05, 0.1) is 6.20 Å². The first-order valence-electron chi connectivity index (χ1n) is 5.96. The molecule has 0 saturated carbocycles. The van der Waals surface area contributed by atoms with Crippen molar-refractivity contribution in [1.29, 1.82) is 0 Å². The zero-order valence-electron chi connectivity index (χ0n) is 11.2. The Balaban J connectivity index is 2.07. The van der Waals surface area contributed by atoms with E-state index in [0.29, 0.717) is 6.54 Å². The second kappa shape index (κ2) is 5.30. The molecule has 2 aromatic heterocycles. The Kier molecular flexibility index (Phi) is 3.91. The zero-order chi connectivity index (χ0) is 14.0. The lowest BCUT2D eigenvalue weighted by molar-refractivity contribution is 0.0713. The van der Waals surface area contributed by atoms with Gasteiger partial charge < -0.3 is 10.4 Å². The second-order valence-corrected chi connectivity index (χ2v) is 5.70. The molecule has 0 fully saturated rings. The van der Waals surface area contributed by atoms with Crippen molar-refractivity contribution < 1.29 is 5.11 Å². The van der Waals surface area contributed by atoms with Crippen LogP contribution < -0.4 is 5.32 Å². The van der Waals surface area contributed by atoms with Crippen LogP contribution in [0.1, 0.15) is 18.1 Å². The van der Waals surface area contributed by atoms with Crippen molar-refractivity contribution >= 4 is 21.7 Å². The predicted octanol–water partition coefficient (Wildman–Crippen LogP) is 2.21. The fourth-order valence-electron chi connectivity index (χ4n) is 1.70. The van der Waals surface area contributed by atoms with E-state index in [1.165, 1.54) is 0 Å². The molecule has 1 unspecified atom stereocenters. The topological polar surface area (TPSA) is 63.0 Å². The van der Waals surface area contributed by atoms with Crippen molar-refractivity contribution in [2.75, 3.05) is 11.9 Å². The minimum absolute atomic E-state index is 0.368. The van der Waals surface area contributed by atoms with E-state index in [2.05, 4.69) is 31.3 Å². The Morgan fingerprint density at radius 2 is 2.21 bits per heavy atom. The Bertz CT molecular complexity index is 580. The highest BCUT2D eigenvalue weighted by Crippen LogP contribution is 2.22. The molecular formula is C13H17BrN4O. The number of hydrogen-bond donors (Lipinski definition) is 2. The summed E-state index contributed by atoms with van der Waals surface area (Å²) >= 11 is 3.41. The van der Waals surface area contributed by atoms with Gasteiger partial charge in [0, 0.05) is 36.0 Å². The molecule has 0 aliphatic rings. The van der Waals surface area contributed by atoms with Crippen molar-refractivity contribution in [2.24, 2.45) is 7.05 Å². The maximum atomic E-state index is 10.4. The molecule has 2 N–H and O–H groups in total. The van der Waals surface area contributed by atoms with Crippen molar-refractivity contribution in [2.45, 2.75) is 19.4 Å². The largest absolute Gasteiger partial charge is 0.383 e. The van der Waals surface area contributed by atoms with Crippen LogP contribution in [-0.4, -0.2) is 26.4 Å². The monoisotopic (exact) mass is 324 g/mol. The first kappa shape index (κ1) is 14.0. The van der Waals surface area contributed by atoms with Gasteiger partial charge in [0.15, 0.2) is 0 Å². The van der Waals surface area contributed by atoms with E-state index in [9.17, 15) is 5.11 Å². The molecule has 0 spiro atoms. The Hall–Kier alpha value is -1.40. The molecule has 2 aromatic rings. The molecule has 0 amide bonds. The fraction of sp³-hybridized carbons (Fsp3) is 0.385. The highest BCUT2D eigenvalue weighted by molar-refractivity contribution is 9.10. The summed E-state index contributed by atoms with van der Waals surface area (Å²) < 4.78 is 2.64. The van der Waals surface area contributed by atoms with Crippen LogP contribution in [0.25, 0.3) is 0 Å². The van der Waals surface area contributed by atoms with E-state index in [1.807, 2.05) is 26.2 Å². The highest BCUT2D eigenvalue weighted by atomic mass is 79.9. The average Bonchev–Trinajstić information content (AvgIpc) is 2.78. The van der Waals surface area contributed by atoms with E-state index < -0.39 is 5.60 Å². The molecule has 2 heterocycles. The molecule has 0 aromatic carbocycles. The lowest BCUT2D eigenvalue weighted by atomic mass is 10.00. The third kappa shape index (κ3) is 3.33. The SMILES string of the molecule is Cc1cc(NCC(C)(O)c2cnn(C)c2)ncc1Br. The van der Waals surface area contributed by atoms with Crippen LogP contribution in [0, 0.1) is 6.92 Å². The van der Waals surface area contributed by atoms with Crippen molar-refractivity contribution in [3.63, 3.8) is 0 Å². The van der Waals surface area contributed by atoms with E-state index in [0.717, 1.165) is 21.4 Å². The molecule has 5 nitrogen and oxygen atoms in total. The molecule has 2 rings (SSSR count). The summed E-state index contributed by atoms with van der Waals surface area (Å²) in [5, 5.41) is 17.6. The predicted molar refractivity (Wildman–Crippen MR) is 77.9 cm³/mol. The number of pyridine rings is 1.